The first-order valence-corrected chi connectivity index (χ1v) is 18.3. The Labute approximate surface area is 288 Å². The molecule has 5 aliphatic carbocycles. The van der Waals surface area contributed by atoms with Gasteiger partial charge in [0.25, 0.3) is 0 Å². The van der Waals surface area contributed by atoms with E-state index in [1.807, 2.05) is 4.68 Å². The van der Waals surface area contributed by atoms with Crippen LogP contribution < -0.4 is 10.6 Å². The van der Waals surface area contributed by atoms with Crippen LogP contribution in [0.25, 0.3) is 0 Å². The Morgan fingerprint density at radius 2 is 1.34 bits per heavy atom. The van der Waals surface area contributed by atoms with Crippen LogP contribution in [0.1, 0.15) is 132 Å². The molecule has 2 aromatic rings. The van der Waals surface area contributed by atoms with Crippen molar-refractivity contribution in [1.29, 1.82) is 0 Å². The zero-order chi connectivity index (χ0) is 35.8. The van der Waals surface area contributed by atoms with Gasteiger partial charge in [0.2, 0.25) is 11.8 Å². The van der Waals surface area contributed by atoms with E-state index >= 15 is 0 Å². The van der Waals surface area contributed by atoms with Crippen molar-refractivity contribution in [3.63, 3.8) is 0 Å². The molecule has 5 aliphatic rings. The molecule has 2 heterocycles. The van der Waals surface area contributed by atoms with Gasteiger partial charge in [0.15, 0.2) is 0 Å². The number of aromatic nitrogens is 4. The monoisotopic (exact) mass is 710 g/mol. The first-order chi connectivity index (χ1) is 23.4. The predicted octanol–water partition coefficient (Wildman–Crippen LogP) is 8.57. The van der Waals surface area contributed by atoms with E-state index < -0.39 is 47.8 Å². The number of anilines is 2. The molecule has 0 spiro atoms. The number of hydrogen-bond acceptors (Lipinski definition) is 4. The standard InChI is InChI=1S/C36H48F6N6O2/c1-33(2,35(37,38)39)17-27(49)43-31-30(25(45-47(31)3)15-20-7-8-20)24-13-22(14-24)19-48-32(44-28(50)18-34(11-12-34)36(40,41)42)29(23-5-4-6-23)26(46-48)16-21-9-10-21/h20-24H,4-19H2,1-3H3,(H,43,49)(H,44,50). The van der Waals surface area contributed by atoms with Crippen LogP contribution >= 0.6 is 0 Å². The summed E-state index contributed by atoms with van der Waals surface area (Å²) in [4.78, 5) is 26.2. The minimum absolute atomic E-state index is 0.0283. The van der Waals surface area contributed by atoms with Gasteiger partial charge in [-0.2, -0.15) is 36.5 Å². The lowest BCUT2D eigenvalue weighted by Crippen LogP contribution is -2.36. The van der Waals surface area contributed by atoms with Gasteiger partial charge in [-0.15, -0.1) is 0 Å². The predicted molar refractivity (Wildman–Crippen MR) is 174 cm³/mol. The Morgan fingerprint density at radius 3 is 1.84 bits per heavy atom. The fraction of sp³-hybridized carbons (Fsp3) is 0.778. The SMILES string of the molecule is Cn1nc(CC2CC2)c(C2CC(Cn3nc(CC4CC4)c(C4CCC4)c3NC(=O)CC3(C(F)(F)F)CC3)C2)c1NC(=O)CC(C)(C)C(F)(F)F. The van der Waals surface area contributed by atoms with Gasteiger partial charge in [-0.25, -0.2) is 4.68 Å². The van der Waals surface area contributed by atoms with Crippen molar-refractivity contribution < 1.29 is 35.9 Å². The van der Waals surface area contributed by atoms with Crippen molar-refractivity contribution in [2.24, 2.45) is 35.6 Å². The van der Waals surface area contributed by atoms with Crippen molar-refractivity contribution in [3.8, 4) is 0 Å². The Morgan fingerprint density at radius 1 is 0.780 bits per heavy atom. The maximum absolute atomic E-state index is 13.8. The zero-order valence-electron chi connectivity index (χ0n) is 29.1. The third-order valence-electron chi connectivity index (χ3n) is 12.0. The average molecular weight is 711 g/mol. The summed E-state index contributed by atoms with van der Waals surface area (Å²) in [5.41, 5.74) is -0.425. The average Bonchev–Trinajstić information content (AvgIpc) is 3.83. The molecule has 2 aromatic heterocycles. The van der Waals surface area contributed by atoms with Crippen LogP contribution in [0.15, 0.2) is 0 Å². The first-order valence-electron chi connectivity index (χ1n) is 18.3. The maximum atomic E-state index is 13.8. The molecule has 8 nitrogen and oxygen atoms in total. The van der Waals surface area contributed by atoms with Crippen LogP contribution in [0.2, 0.25) is 0 Å². The van der Waals surface area contributed by atoms with Gasteiger partial charge in [0, 0.05) is 37.6 Å². The van der Waals surface area contributed by atoms with Crippen LogP contribution in [0.3, 0.4) is 0 Å². The molecule has 0 radical (unpaired) electrons. The van der Waals surface area contributed by atoms with Gasteiger partial charge < -0.3 is 10.6 Å². The molecule has 50 heavy (non-hydrogen) atoms. The van der Waals surface area contributed by atoms with Gasteiger partial charge >= 0.3 is 12.4 Å². The fourth-order valence-corrected chi connectivity index (χ4v) is 7.82. The third-order valence-corrected chi connectivity index (χ3v) is 12.0. The lowest BCUT2D eigenvalue weighted by atomic mass is 9.70. The smallest absolute Gasteiger partial charge is 0.311 e. The molecule has 0 unspecified atom stereocenters. The highest BCUT2D eigenvalue weighted by molar-refractivity contribution is 5.92. The summed E-state index contributed by atoms with van der Waals surface area (Å²) in [6.07, 6.45) is 0.0994. The number of carbonyl (C=O) groups is 2. The number of alkyl halides is 6. The van der Waals surface area contributed by atoms with Crippen molar-refractivity contribution in [1.82, 2.24) is 19.6 Å². The largest absolute Gasteiger partial charge is 0.395 e. The summed E-state index contributed by atoms with van der Waals surface area (Å²) in [5, 5.41) is 15.4. The zero-order valence-corrected chi connectivity index (χ0v) is 29.1. The number of nitrogens with zero attached hydrogens (tertiary/aromatic N) is 4. The number of nitrogens with one attached hydrogen (secondary N) is 2. The van der Waals surface area contributed by atoms with Gasteiger partial charge in [-0.1, -0.05) is 20.3 Å². The van der Waals surface area contributed by atoms with Gasteiger partial charge in [0.1, 0.15) is 11.6 Å². The number of aryl methyl sites for hydroxylation is 1. The van der Waals surface area contributed by atoms with E-state index in [2.05, 4.69) is 10.6 Å². The topological polar surface area (TPSA) is 93.8 Å². The van der Waals surface area contributed by atoms with Crippen LogP contribution in [0.4, 0.5) is 38.0 Å². The quantitative estimate of drug-likeness (QED) is 0.192. The number of hydrogen-bond donors (Lipinski definition) is 2. The van der Waals surface area contributed by atoms with E-state index in [9.17, 15) is 35.9 Å². The third kappa shape index (κ3) is 7.18. The van der Waals surface area contributed by atoms with E-state index in [1.54, 1.807) is 11.7 Å². The van der Waals surface area contributed by atoms with Crippen LogP contribution in [0.5, 0.6) is 0 Å². The van der Waals surface area contributed by atoms with Gasteiger partial charge in [-0.3, -0.25) is 14.3 Å². The van der Waals surface area contributed by atoms with Crippen molar-refractivity contribution in [2.45, 2.75) is 141 Å². The molecule has 0 aliphatic heterocycles. The second-order valence-corrected chi connectivity index (χ2v) is 16.8. The molecular formula is C36H48F6N6O2. The highest BCUT2D eigenvalue weighted by atomic mass is 19.4. The number of amides is 2. The summed E-state index contributed by atoms with van der Waals surface area (Å²) in [5.74, 6) is 1.10. The molecule has 2 amide bonds. The van der Waals surface area contributed by atoms with Crippen molar-refractivity contribution in [2.75, 3.05) is 10.6 Å². The Bertz CT molecular complexity index is 1620. The molecule has 14 heteroatoms. The van der Waals surface area contributed by atoms with E-state index in [4.69, 9.17) is 10.2 Å². The molecule has 0 atom stereocenters. The van der Waals surface area contributed by atoms with Crippen LogP contribution in [-0.2, 0) is 36.0 Å². The fourth-order valence-electron chi connectivity index (χ4n) is 7.82. The summed E-state index contributed by atoms with van der Waals surface area (Å²) >= 11 is 0. The summed E-state index contributed by atoms with van der Waals surface area (Å²) < 4.78 is 85.4. The van der Waals surface area contributed by atoms with Crippen molar-refractivity contribution in [3.05, 3.63) is 22.5 Å². The summed E-state index contributed by atoms with van der Waals surface area (Å²) in [6.45, 7) is 2.52. The van der Waals surface area contributed by atoms with E-state index in [-0.39, 0.29) is 30.6 Å². The molecule has 0 saturated heterocycles. The highest BCUT2D eigenvalue weighted by Crippen LogP contribution is 2.60. The van der Waals surface area contributed by atoms with Crippen LogP contribution in [-0.4, -0.2) is 43.7 Å². The summed E-state index contributed by atoms with van der Waals surface area (Å²) in [7, 11) is 1.70. The molecule has 5 fully saturated rings. The first kappa shape index (κ1) is 35.3. The lowest BCUT2D eigenvalue weighted by Gasteiger charge is -2.36. The number of halogens is 6. The van der Waals surface area contributed by atoms with E-state index in [1.165, 1.54) is 0 Å². The molecule has 0 aromatic carbocycles. The normalized spacial score (nSPS) is 23.7. The molecular weight excluding hydrogens is 662 g/mol. The van der Waals surface area contributed by atoms with Gasteiger partial charge in [0.05, 0.1) is 22.2 Å². The molecule has 2 N–H and O–H groups in total. The second-order valence-electron chi connectivity index (χ2n) is 16.8. The van der Waals surface area contributed by atoms with E-state index in [0.29, 0.717) is 30.0 Å². The minimum atomic E-state index is -4.53. The Kier molecular flexibility index (Phi) is 8.88. The Balaban J connectivity index is 1.10. The molecule has 0 bridgehead atoms. The van der Waals surface area contributed by atoms with E-state index in [0.717, 1.165) is 107 Å². The highest BCUT2D eigenvalue weighted by Gasteiger charge is 2.64. The maximum Gasteiger partial charge on any atom is 0.395 e. The second kappa shape index (κ2) is 12.6. The lowest BCUT2D eigenvalue weighted by molar-refractivity contribution is -0.213. The number of rotatable bonds is 14. The van der Waals surface area contributed by atoms with Gasteiger partial charge in [-0.05, 0) is 107 Å². The van der Waals surface area contributed by atoms with Crippen LogP contribution in [0, 0.1) is 28.6 Å². The summed E-state index contributed by atoms with van der Waals surface area (Å²) in [6, 6.07) is 0. The van der Waals surface area contributed by atoms with Crippen molar-refractivity contribution >= 4 is 23.5 Å². The Hall–Kier alpha value is -3.06. The minimum Gasteiger partial charge on any atom is -0.311 e. The molecule has 5 saturated carbocycles. The molecule has 7 rings (SSSR count). The number of carbonyl (C=O) groups excluding carboxylic acids is 2. The molecule has 276 valence electrons.